The molecular weight excluding hydrogens is 268 g/mol. The maximum Gasteiger partial charge on any atom is 0.315 e. The highest BCUT2D eigenvalue weighted by Crippen LogP contribution is 2.15. The van der Waals surface area contributed by atoms with Gasteiger partial charge in [0, 0.05) is 42.0 Å². The van der Waals surface area contributed by atoms with Gasteiger partial charge in [0.2, 0.25) is 5.89 Å². The maximum atomic E-state index is 11.3. The molecule has 0 bridgehead atoms. The summed E-state index contributed by atoms with van der Waals surface area (Å²) in [6.45, 7) is 1.93. The van der Waals surface area contributed by atoms with Crippen molar-refractivity contribution in [3.05, 3.63) is 5.89 Å². The number of ether oxygens (including phenoxy) is 1. The van der Waals surface area contributed by atoms with Crippen LogP contribution in [0.4, 0.5) is 6.01 Å². The number of hydrogen-bond acceptors (Lipinski definition) is 7. The van der Waals surface area contributed by atoms with E-state index in [0.29, 0.717) is 25.1 Å². The molecule has 2 rings (SSSR count). The molecule has 1 aromatic heterocycles. The van der Waals surface area contributed by atoms with Gasteiger partial charge in [-0.3, -0.25) is 4.21 Å². The fourth-order valence-corrected chi connectivity index (χ4v) is 3.16. The number of nitrogens with one attached hydrogen (secondary N) is 2. The second-order valence-electron chi connectivity index (χ2n) is 4.44. The molecule has 0 aromatic carbocycles. The second kappa shape index (κ2) is 7.56. The van der Waals surface area contributed by atoms with E-state index in [0.717, 1.165) is 30.9 Å². The molecule has 0 saturated carbocycles. The summed E-state index contributed by atoms with van der Waals surface area (Å²) in [7, 11) is 1.01. The fraction of sp³-hybridized carbons (Fsp3) is 0.818. The summed E-state index contributed by atoms with van der Waals surface area (Å²) in [6.07, 6.45) is 1.77. The van der Waals surface area contributed by atoms with Crippen LogP contribution in [0.15, 0.2) is 4.42 Å². The number of aromatic nitrogens is 2. The summed E-state index contributed by atoms with van der Waals surface area (Å²) >= 11 is 0. The van der Waals surface area contributed by atoms with Crippen molar-refractivity contribution < 1.29 is 13.4 Å². The van der Waals surface area contributed by atoms with Crippen molar-refractivity contribution in [1.82, 2.24) is 15.5 Å². The van der Waals surface area contributed by atoms with E-state index in [1.165, 1.54) is 0 Å². The molecule has 1 aliphatic heterocycles. The standard InChI is InChI=1S/C11H20N4O3S/c1-17-5-4-12-8-10-14-15-11(18-10)13-9-2-6-19(16)7-3-9/h9,12H,2-8H2,1H3,(H,13,15). The summed E-state index contributed by atoms with van der Waals surface area (Å²) < 4.78 is 21.7. The zero-order valence-corrected chi connectivity index (χ0v) is 11.9. The highest BCUT2D eigenvalue weighted by atomic mass is 32.2. The average Bonchev–Trinajstić information content (AvgIpc) is 2.85. The molecule has 0 atom stereocenters. The van der Waals surface area contributed by atoms with Crippen molar-refractivity contribution >= 4 is 16.8 Å². The average molecular weight is 288 g/mol. The summed E-state index contributed by atoms with van der Waals surface area (Å²) in [5.41, 5.74) is 0. The van der Waals surface area contributed by atoms with Crippen LogP contribution >= 0.6 is 0 Å². The topological polar surface area (TPSA) is 89.3 Å². The molecule has 0 radical (unpaired) electrons. The van der Waals surface area contributed by atoms with Gasteiger partial charge in [-0.15, -0.1) is 5.10 Å². The molecule has 1 aliphatic rings. The molecule has 0 spiro atoms. The highest BCUT2D eigenvalue weighted by molar-refractivity contribution is 7.85. The minimum Gasteiger partial charge on any atom is -0.407 e. The molecular formula is C11H20N4O3S. The van der Waals surface area contributed by atoms with Crippen LogP contribution in [-0.4, -0.2) is 52.2 Å². The van der Waals surface area contributed by atoms with E-state index in [1.54, 1.807) is 7.11 Å². The minimum atomic E-state index is -0.649. The molecule has 1 saturated heterocycles. The number of anilines is 1. The lowest BCUT2D eigenvalue weighted by Gasteiger charge is -2.21. The van der Waals surface area contributed by atoms with E-state index < -0.39 is 10.8 Å². The molecule has 0 amide bonds. The Morgan fingerprint density at radius 2 is 2.21 bits per heavy atom. The third-order valence-corrected chi connectivity index (χ3v) is 4.32. The molecule has 19 heavy (non-hydrogen) atoms. The number of rotatable bonds is 7. The third kappa shape index (κ3) is 4.88. The van der Waals surface area contributed by atoms with Gasteiger partial charge in [-0.25, -0.2) is 0 Å². The lowest BCUT2D eigenvalue weighted by atomic mass is 10.2. The van der Waals surface area contributed by atoms with Gasteiger partial charge in [0.1, 0.15) is 0 Å². The van der Waals surface area contributed by atoms with Crippen molar-refractivity contribution in [2.75, 3.05) is 37.1 Å². The molecule has 1 aromatic rings. The van der Waals surface area contributed by atoms with E-state index in [9.17, 15) is 4.21 Å². The van der Waals surface area contributed by atoms with Crippen molar-refractivity contribution in [2.24, 2.45) is 0 Å². The summed E-state index contributed by atoms with van der Waals surface area (Å²) in [4.78, 5) is 0. The fourth-order valence-electron chi connectivity index (χ4n) is 1.87. The van der Waals surface area contributed by atoms with E-state index in [4.69, 9.17) is 9.15 Å². The predicted molar refractivity (Wildman–Crippen MR) is 72.4 cm³/mol. The third-order valence-electron chi connectivity index (χ3n) is 2.94. The summed E-state index contributed by atoms with van der Waals surface area (Å²) in [5.74, 6) is 2.05. The summed E-state index contributed by atoms with van der Waals surface area (Å²) in [5, 5.41) is 14.2. The van der Waals surface area contributed by atoms with Gasteiger partial charge in [-0.05, 0) is 12.8 Å². The molecule has 2 heterocycles. The Labute approximate surface area is 114 Å². The zero-order valence-electron chi connectivity index (χ0n) is 11.1. The molecule has 1 fully saturated rings. The minimum absolute atomic E-state index is 0.285. The Balaban J connectivity index is 1.72. The Kier molecular flexibility index (Phi) is 5.74. The summed E-state index contributed by atoms with van der Waals surface area (Å²) in [6, 6.07) is 0.730. The van der Waals surface area contributed by atoms with Gasteiger partial charge in [-0.2, -0.15) is 0 Å². The van der Waals surface area contributed by atoms with Crippen LogP contribution < -0.4 is 10.6 Å². The first-order chi connectivity index (χ1) is 9.28. The number of nitrogens with zero attached hydrogens (tertiary/aromatic N) is 2. The van der Waals surface area contributed by atoms with Crippen molar-refractivity contribution in [3.8, 4) is 0 Å². The van der Waals surface area contributed by atoms with Crippen LogP contribution in [0.5, 0.6) is 0 Å². The Bertz CT molecular complexity index is 402. The smallest absolute Gasteiger partial charge is 0.315 e. The molecule has 108 valence electrons. The Morgan fingerprint density at radius 3 is 2.95 bits per heavy atom. The normalized spacial score (nSPS) is 23.4. The van der Waals surface area contributed by atoms with E-state index in [-0.39, 0.29) is 6.04 Å². The molecule has 8 heteroatoms. The second-order valence-corrected chi connectivity index (χ2v) is 6.13. The van der Waals surface area contributed by atoms with Gasteiger partial charge in [0.05, 0.1) is 13.2 Å². The van der Waals surface area contributed by atoms with Crippen molar-refractivity contribution in [1.29, 1.82) is 0 Å². The molecule has 7 nitrogen and oxygen atoms in total. The first kappa shape index (κ1) is 14.4. The van der Waals surface area contributed by atoms with Gasteiger partial charge in [0.25, 0.3) is 0 Å². The Hall–Kier alpha value is -0.990. The lowest BCUT2D eigenvalue weighted by molar-refractivity contribution is 0.198. The lowest BCUT2D eigenvalue weighted by Crippen LogP contribution is -2.29. The zero-order chi connectivity index (χ0) is 13.5. The van der Waals surface area contributed by atoms with Crippen LogP contribution in [0.1, 0.15) is 18.7 Å². The van der Waals surface area contributed by atoms with Crippen LogP contribution in [0.2, 0.25) is 0 Å². The van der Waals surface area contributed by atoms with Gasteiger partial charge in [0.15, 0.2) is 0 Å². The molecule has 0 aliphatic carbocycles. The van der Waals surface area contributed by atoms with Gasteiger partial charge >= 0.3 is 6.01 Å². The Morgan fingerprint density at radius 1 is 1.42 bits per heavy atom. The van der Waals surface area contributed by atoms with Crippen LogP contribution in [0, 0.1) is 0 Å². The number of methoxy groups -OCH3 is 1. The van der Waals surface area contributed by atoms with Gasteiger partial charge < -0.3 is 19.8 Å². The highest BCUT2D eigenvalue weighted by Gasteiger charge is 2.19. The van der Waals surface area contributed by atoms with Crippen LogP contribution in [-0.2, 0) is 22.1 Å². The van der Waals surface area contributed by atoms with Crippen LogP contribution in [0.25, 0.3) is 0 Å². The maximum absolute atomic E-state index is 11.3. The monoisotopic (exact) mass is 288 g/mol. The molecule has 0 unspecified atom stereocenters. The van der Waals surface area contributed by atoms with E-state index in [1.807, 2.05) is 0 Å². The van der Waals surface area contributed by atoms with Crippen LogP contribution in [0.3, 0.4) is 0 Å². The predicted octanol–water partition coefficient (Wildman–Crippen LogP) is 0.129. The number of hydrogen-bond donors (Lipinski definition) is 2. The van der Waals surface area contributed by atoms with Crippen molar-refractivity contribution in [3.63, 3.8) is 0 Å². The van der Waals surface area contributed by atoms with Crippen molar-refractivity contribution in [2.45, 2.75) is 25.4 Å². The first-order valence-electron chi connectivity index (χ1n) is 6.41. The van der Waals surface area contributed by atoms with E-state index in [2.05, 4.69) is 20.8 Å². The first-order valence-corrected chi connectivity index (χ1v) is 7.90. The quantitative estimate of drug-likeness (QED) is 0.689. The SMILES string of the molecule is COCCNCc1nnc(NC2CCS(=O)CC2)o1. The van der Waals surface area contributed by atoms with E-state index >= 15 is 0 Å². The van der Waals surface area contributed by atoms with Gasteiger partial charge in [-0.1, -0.05) is 5.10 Å². The largest absolute Gasteiger partial charge is 0.407 e. The molecule has 2 N–H and O–H groups in total.